The number of fused-ring (bicyclic) bond motifs is 3. The quantitative estimate of drug-likeness (QED) is 0.178. The van der Waals surface area contributed by atoms with Gasteiger partial charge in [-0.3, -0.25) is 5.32 Å². The van der Waals surface area contributed by atoms with E-state index in [0.717, 1.165) is 99.1 Å². The van der Waals surface area contributed by atoms with E-state index in [1.165, 1.54) is 29.2 Å². The van der Waals surface area contributed by atoms with Crippen LogP contribution in [0.25, 0.3) is 0 Å². The second-order valence-electron chi connectivity index (χ2n) is 16.2. The normalized spacial score (nSPS) is 41.1. The molecule has 4 heterocycles. The minimum Gasteiger partial charge on any atom is -0.427 e. The predicted molar refractivity (Wildman–Crippen MR) is 192 cm³/mol. The van der Waals surface area contributed by atoms with Gasteiger partial charge in [-0.25, -0.2) is 9.59 Å². The first kappa shape index (κ1) is 34.5. The Hall–Kier alpha value is -1.56. The fourth-order valence-electron chi connectivity index (χ4n) is 11.5. The van der Waals surface area contributed by atoms with Crippen LogP contribution < -0.4 is 10.6 Å². The van der Waals surface area contributed by atoms with Crippen LogP contribution in [-0.4, -0.2) is 52.8 Å². The number of piperidine rings is 1. The topological polar surface area (TPSA) is 117 Å². The maximum atomic E-state index is 14.5. The number of allylic oxidation sites excluding steroid dienone is 5. The Labute approximate surface area is 299 Å². The number of nitrogens with one attached hydrogen (secondary N) is 2. The summed E-state index contributed by atoms with van der Waals surface area (Å²) in [4.78, 5) is 28.7. The van der Waals surface area contributed by atoms with Crippen LogP contribution in [0.4, 0.5) is 0 Å². The van der Waals surface area contributed by atoms with E-state index in [4.69, 9.17) is 9.47 Å². The molecule has 5 aliphatic carbocycles. The third-order valence-electron chi connectivity index (χ3n) is 13.9. The van der Waals surface area contributed by atoms with Gasteiger partial charge in [0.05, 0.1) is 23.0 Å². The van der Waals surface area contributed by atoms with E-state index >= 15 is 0 Å². The van der Waals surface area contributed by atoms with Gasteiger partial charge in [0, 0.05) is 23.7 Å². The highest BCUT2D eigenvalue weighted by Gasteiger charge is 2.69. The van der Waals surface area contributed by atoms with E-state index in [1.54, 1.807) is 10.8 Å². The second-order valence-corrected chi connectivity index (χ2v) is 18.7. The van der Waals surface area contributed by atoms with Gasteiger partial charge in [0.15, 0.2) is 0 Å². The van der Waals surface area contributed by atoms with Crippen molar-refractivity contribution in [3.63, 3.8) is 0 Å². The summed E-state index contributed by atoms with van der Waals surface area (Å²) < 4.78 is 12.7. The fourth-order valence-corrected chi connectivity index (χ4v) is 13.7. The number of ether oxygens (including phenoxy) is 2. The molecule has 49 heavy (non-hydrogen) atoms. The maximum absolute atomic E-state index is 14.5. The molecule has 2 saturated heterocycles. The summed E-state index contributed by atoms with van der Waals surface area (Å²) in [5.74, 6) is 2.53. The third-order valence-corrected chi connectivity index (χ3v) is 16.4. The zero-order valence-corrected chi connectivity index (χ0v) is 30.8. The Morgan fingerprint density at radius 1 is 1.08 bits per heavy atom. The Balaban J connectivity index is 1.30. The molecule has 0 aromatic heterocycles. The lowest BCUT2D eigenvalue weighted by Gasteiger charge is -2.58. The van der Waals surface area contributed by atoms with E-state index in [9.17, 15) is 19.8 Å². The Morgan fingerprint density at radius 3 is 2.71 bits per heavy atom. The zero-order valence-electron chi connectivity index (χ0n) is 29.1. The number of carbonyl (C=O) groups is 2. The van der Waals surface area contributed by atoms with E-state index < -0.39 is 10.9 Å². The molecule has 9 atom stereocenters. The van der Waals surface area contributed by atoms with Gasteiger partial charge >= 0.3 is 11.9 Å². The van der Waals surface area contributed by atoms with Gasteiger partial charge in [-0.05, 0) is 131 Å². The number of aliphatic hydroxyl groups is 2. The summed E-state index contributed by atoms with van der Waals surface area (Å²) in [6.07, 6.45) is 17.9. The SMILES string of the molecule is CCC1(C=C2OC(=O)C3=C2CCC2C4CCC5(C6=CCC(C)C(O)SSCNC7CC(CCN7)C(CCCO)C4=C5C(=O)O6)C32)CCCC1. The number of hydrogen-bond donors (Lipinski definition) is 4. The van der Waals surface area contributed by atoms with Gasteiger partial charge < -0.3 is 25.0 Å². The summed E-state index contributed by atoms with van der Waals surface area (Å²) >= 11 is 0. The number of carbonyl (C=O) groups excluding carboxylic acids is 2. The molecule has 4 N–H and O–H groups in total. The van der Waals surface area contributed by atoms with Crippen LogP contribution in [0.5, 0.6) is 0 Å². The van der Waals surface area contributed by atoms with Crippen LogP contribution in [0.2, 0.25) is 0 Å². The van der Waals surface area contributed by atoms with Gasteiger partial charge in [-0.15, -0.1) is 0 Å². The maximum Gasteiger partial charge on any atom is 0.340 e. The van der Waals surface area contributed by atoms with E-state index in [-0.39, 0.29) is 59.7 Å². The molecule has 0 radical (unpaired) electrons. The van der Waals surface area contributed by atoms with Crippen molar-refractivity contribution >= 4 is 33.5 Å². The summed E-state index contributed by atoms with van der Waals surface area (Å²) in [6, 6.07) is 0. The van der Waals surface area contributed by atoms with Crippen LogP contribution >= 0.6 is 21.6 Å². The number of esters is 2. The molecule has 0 amide bonds. The average Bonchev–Trinajstić information content (AvgIpc) is 3.80. The van der Waals surface area contributed by atoms with Gasteiger partial charge in [0.25, 0.3) is 0 Å². The van der Waals surface area contributed by atoms with Crippen LogP contribution in [0.1, 0.15) is 104 Å². The first-order chi connectivity index (χ1) is 23.8. The Kier molecular flexibility index (Phi) is 9.70. The molecule has 8 nitrogen and oxygen atoms in total. The molecular weight excluding hydrogens is 657 g/mol. The molecule has 9 aliphatic rings. The van der Waals surface area contributed by atoms with Gasteiger partial charge in [0.2, 0.25) is 0 Å². The molecule has 0 aromatic carbocycles. The summed E-state index contributed by atoms with van der Waals surface area (Å²) in [5.41, 5.74) is 2.82. The number of cyclic esters (lactones) is 1. The van der Waals surface area contributed by atoms with Crippen molar-refractivity contribution < 1.29 is 29.3 Å². The van der Waals surface area contributed by atoms with Gasteiger partial charge in [-0.2, -0.15) is 0 Å². The highest BCUT2D eigenvalue weighted by molar-refractivity contribution is 8.76. The largest absolute Gasteiger partial charge is 0.427 e. The number of hydrogen-bond acceptors (Lipinski definition) is 10. The molecule has 10 heteroatoms. The van der Waals surface area contributed by atoms with Crippen molar-refractivity contribution in [2.24, 2.45) is 46.3 Å². The lowest BCUT2D eigenvalue weighted by Crippen LogP contribution is -2.54. The lowest BCUT2D eigenvalue weighted by atomic mass is 9.43. The molecule has 2 saturated carbocycles. The predicted octanol–water partition coefficient (Wildman–Crippen LogP) is 6.87. The molecule has 0 aromatic rings. The molecule has 4 fully saturated rings. The second kappa shape index (κ2) is 13.8. The number of aliphatic hydroxyl groups excluding tert-OH is 2. The van der Waals surface area contributed by atoms with Gasteiger partial charge in [-0.1, -0.05) is 53.9 Å². The van der Waals surface area contributed by atoms with E-state index in [0.29, 0.717) is 24.5 Å². The first-order valence-corrected chi connectivity index (χ1v) is 21.6. The molecule has 9 rings (SSSR count). The molecular formula is C39H54N2O6S2. The minimum atomic E-state index is -0.706. The van der Waals surface area contributed by atoms with Crippen molar-refractivity contribution in [1.29, 1.82) is 0 Å². The first-order valence-electron chi connectivity index (χ1n) is 19.2. The smallest absolute Gasteiger partial charge is 0.340 e. The van der Waals surface area contributed by atoms with Crippen LogP contribution in [0.15, 0.2) is 46.0 Å². The van der Waals surface area contributed by atoms with Crippen LogP contribution in [0, 0.1) is 46.3 Å². The van der Waals surface area contributed by atoms with Crippen molar-refractivity contribution in [3.8, 4) is 0 Å². The number of rotatable bonds is 5. The molecule has 9 unspecified atom stereocenters. The third kappa shape index (κ3) is 5.74. The van der Waals surface area contributed by atoms with Crippen molar-refractivity contribution in [1.82, 2.24) is 10.6 Å². The highest BCUT2D eigenvalue weighted by atomic mass is 33.1. The highest BCUT2D eigenvalue weighted by Crippen LogP contribution is 2.72. The van der Waals surface area contributed by atoms with Crippen LogP contribution in [-0.2, 0) is 19.1 Å². The summed E-state index contributed by atoms with van der Waals surface area (Å²) in [6.45, 7) is 5.34. The van der Waals surface area contributed by atoms with Crippen molar-refractivity contribution in [2.75, 3.05) is 19.0 Å². The van der Waals surface area contributed by atoms with Gasteiger partial charge in [0.1, 0.15) is 17.0 Å². The Morgan fingerprint density at radius 2 is 1.92 bits per heavy atom. The summed E-state index contributed by atoms with van der Waals surface area (Å²) in [7, 11) is 3.14. The molecule has 4 aliphatic heterocycles. The fraction of sp³-hybridized carbons (Fsp3) is 0.744. The van der Waals surface area contributed by atoms with Crippen LogP contribution in [0.3, 0.4) is 0 Å². The summed E-state index contributed by atoms with van der Waals surface area (Å²) in [5, 5.41) is 28.5. The standard InChI is InChI=1S/C39H54N2O6S2/c1-3-38(14-4-5-15-38)20-28-27-10-9-26-25-12-16-39(33(26)32(27)35(43)46-28)29-11-8-22(2)37(45)49-48-21-41-30-19-23(13-17-40-30)24(7-6-18-42)31(25)34(39)36(44)47-29/h11,20,22-26,30,33,37,40-42,45H,3-10,12-19,21H2,1-2H3. The van der Waals surface area contributed by atoms with Crippen molar-refractivity contribution in [3.05, 3.63) is 46.0 Å². The van der Waals surface area contributed by atoms with E-state index in [1.807, 2.05) is 0 Å². The van der Waals surface area contributed by atoms with E-state index in [2.05, 4.69) is 36.6 Å². The molecule has 7 bridgehead atoms. The zero-order chi connectivity index (χ0) is 33.9. The Bertz CT molecular complexity index is 1480. The minimum absolute atomic E-state index is 0.0468. The molecule has 1 spiro atoms. The van der Waals surface area contributed by atoms with Crippen molar-refractivity contribution in [2.45, 2.75) is 115 Å². The average molecular weight is 711 g/mol. The lowest BCUT2D eigenvalue weighted by molar-refractivity contribution is -0.135. The molecule has 268 valence electrons. The monoisotopic (exact) mass is 710 g/mol.